The zero-order chi connectivity index (χ0) is 22.0. The second kappa shape index (κ2) is 9.19. The largest absolute Gasteiger partial charge is 0.401 e. The summed E-state index contributed by atoms with van der Waals surface area (Å²) in [6, 6.07) is 16.4. The Morgan fingerprint density at radius 1 is 1.16 bits per heavy atom. The highest BCUT2D eigenvalue weighted by atomic mass is 15.1. The Morgan fingerprint density at radius 3 is 2.58 bits per heavy atom. The van der Waals surface area contributed by atoms with Crippen LogP contribution in [-0.2, 0) is 0 Å². The van der Waals surface area contributed by atoms with E-state index in [9.17, 15) is 0 Å². The van der Waals surface area contributed by atoms with Gasteiger partial charge in [0, 0.05) is 42.6 Å². The van der Waals surface area contributed by atoms with Crippen LogP contribution in [0.25, 0.3) is 11.3 Å². The van der Waals surface area contributed by atoms with Gasteiger partial charge in [0.1, 0.15) is 0 Å². The lowest BCUT2D eigenvalue weighted by molar-refractivity contribution is 0.245. The molecule has 0 saturated carbocycles. The van der Waals surface area contributed by atoms with Crippen molar-refractivity contribution >= 4 is 17.0 Å². The molecule has 0 bridgehead atoms. The third-order valence-corrected chi connectivity index (χ3v) is 6.56. The van der Waals surface area contributed by atoms with Crippen LogP contribution in [0.1, 0.15) is 61.9 Å². The molecular weight excluding hydrogens is 380 g/mol. The van der Waals surface area contributed by atoms with Crippen LogP contribution in [0, 0.1) is 6.92 Å². The van der Waals surface area contributed by atoms with Crippen molar-refractivity contribution in [1.82, 2.24) is 10.2 Å². The number of nitrogens with zero attached hydrogens (tertiary/aromatic N) is 1. The van der Waals surface area contributed by atoms with E-state index >= 15 is 0 Å². The maximum atomic E-state index is 6.27. The maximum Gasteiger partial charge on any atom is 0.0605 e. The number of hydrogen-bond acceptors (Lipinski definition) is 4. The minimum Gasteiger partial charge on any atom is -0.401 e. The number of allylic oxidation sites excluding steroid dienone is 1. The van der Waals surface area contributed by atoms with Crippen molar-refractivity contribution in [1.29, 1.82) is 0 Å². The van der Waals surface area contributed by atoms with Gasteiger partial charge in [-0.3, -0.25) is 4.90 Å². The third kappa shape index (κ3) is 4.80. The van der Waals surface area contributed by atoms with E-state index in [-0.39, 0.29) is 6.04 Å². The molecular formula is C27H36N4. The Morgan fingerprint density at radius 2 is 1.94 bits per heavy atom. The summed E-state index contributed by atoms with van der Waals surface area (Å²) < 4.78 is 0. The molecule has 164 valence electrons. The molecule has 2 aliphatic rings. The molecule has 2 heterocycles. The Balaban J connectivity index is 1.70. The highest BCUT2D eigenvalue weighted by Gasteiger charge is 2.24. The molecule has 0 aliphatic carbocycles. The molecule has 0 fully saturated rings. The van der Waals surface area contributed by atoms with Gasteiger partial charge < -0.3 is 16.4 Å². The molecule has 4 nitrogen and oxygen atoms in total. The number of anilines is 1. The van der Waals surface area contributed by atoms with Crippen LogP contribution in [-0.4, -0.2) is 30.6 Å². The minimum absolute atomic E-state index is 0.235. The second-order valence-electron chi connectivity index (χ2n) is 9.21. The summed E-state index contributed by atoms with van der Waals surface area (Å²) in [5.41, 5.74) is 16.0. The number of benzene rings is 2. The number of rotatable bonds is 4. The van der Waals surface area contributed by atoms with E-state index in [0.29, 0.717) is 6.04 Å². The Hall–Kier alpha value is -2.72. The molecule has 0 aromatic heterocycles. The molecule has 0 amide bonds. The van der Waals surface area contributed by atoms with E-state index in [1.807, 2.05) is 6.92 Å². The van der Waals surface area contributed by atoms with Crippen molar-refractivity contribution in [2.24, 2.45) is 5.73 Å². The van der Waals surface area contributed by atoms with Gasteiger partial charge in [0.25, 0.3) is 0 Å². The van der Waals surface area contributed by atoms with Crippen molar-refractivity contribution in [3.63, 3.8) is 0 Å². The summed E-state index contributed by atoms with van der Waals surface area (Å²) in [6.07, 6.45) is 4.51. The highest BCUT2D eigenvalue weighted by molar-refractivity contribution is 5.75. The molecule has 0 saturated heterocycles. The highest BCUT2D eigenvalue weighted by Crippen LogP contribution is 2.35. The van der Waals surface area contributed by atoms with Crippen molar-refractivity contribution in [3.8, 4) is 0 Å². The first kappa shape index (κ1) is 21.5. The van der Waals surface area contributed by atoms with Crippen molar-refractivity contribution < 1.29 is 0 Å². The summed E-state index contributed by atoms with van der Waals surface area (Å²) in [6.45, 7) is 11.7. The molecule has 1 atom stereocenters. The standard InChI is InChI=1S/C27H36N4/c1-18(2)31-15-12-21(13-16-31)22-7-10-24-25(17-22)26(11-14-29-27(24)20(4)28)30-23-8-5-19(3)6-9-23/h5-10,12,17-18,26,29-30H,11,13-16,28H2,1-4H3/b27-20-. The van der Waals surface area contributed by atoms with Gasteiger partial charge in [-0.05, 0) is 75.4 Å². The first-order valence-corrected chi connectivity index (χ1v) is 11.5. The molecule has 4 heteroatoms. The Labute approximate surface area is 187 Å². The molecule has 31 heavy (non-hydrogen) atoms. The van der Waals surface area contributed by atoms with Crippen LogP contribution in [0.15, 0.2) is 54.2 Å². The van der Waals surface area contributed by atoms with Gasteiger partial charge in [-0.15, -0.1) is 0 Å². The molecule has 2 aromatic rings. The van der Waals surface area contributed by atoms with Crippen molar-refractivity contribution in [3.05, 3.63) is 76.5 Å². The topological polar surface area (TPSA) is 53.3 Å². The third-order valence-electron chi connectivity index (χ3n) is 6.56. The molecule has 4 rings (SSSR count). The van der Waals surface area contributed by atoms with Crippen LogP contribution in [0.2, 0.25) is 0 Å². The van der Waals surface area contributed by atoms with Crippen molar-refractivity contribution in [2.75, 3.05) is 25.0 Å². The summed E-state index contributed by atoms with van der Waals surface area (Å²) in [7, 11) is 0. The first-order chi connectivity index (χ1) is 14.9. The molecule has 0 radical (unpaired) electrons. The average molecular weight is 417 g/mol. The molecule has 0 spiro atoms. The number of aryl methyl sites for hydroxylation is 1. The van der Waals surface area contributed by atoms with Crippen LogP contribution in [0.3, 0.4) is 0 Å². The quantitative estimate of drug-likeness (QED) is 0.634. The fourth-order valence-electron chi connectivity index (χ4n) is 4.64. The van der Waals surface area contributed by atoms with E-state index in [1.54, 1.807) is 0 Å². The van der Waals surface area contributed by atoms with Crippen LogP contribution in [0.4, 0.5) is 5.69 Å². The Kier molecular flexibility index (Phi) is 6.38. The lowest BCUT2D eigenvalue weighted by Crippen LogP contribution is -2.34. The number of hydrogen-bond donors (Lipinski definition) is 3. The van der Waals surface area contributed by atoms with E-state index in [2.05, 4.69) is 84.8 Å². The van der Waals surface area contributed by atoms with Crippen LogP contribution < -0.4 is 16.4 Å². The molecule has 2 aromatic carbocycles. The maximum absolute atomic E-state index is 6.27. The zero-order valence-corrected chi connectivity index (χ0v) is 19.3. The van der Waals surface area contributed by atoms with E-state index in [4.69, 9.17) is 5.73 Å². The number of fused-ring (bicyclic) bond motifs is 1. The summed E-state index contributed by atoms with van der Waals surface area (Å²) in [5.74, 6) is 0. The van der Waals surface area contributed by atoms with E-state index in [1.165, 1.54) is 27.8 Å². The van der Waals surface area contributed by atoms with Gasteiger partial charge in [0.05, 0.1) is 11.7 Å². The summed E-state index contributed by atoms with van der Waals surface area (Å²) in [4.78, 5) is 2.53. The van der Waals surface area contributed by atoms with Gasteiger partial charge in [0.2, 0.25) is 0 Å². The van der Waals surface area contributed by atoms with Gasteiger partial charge in [-0.1, -0.05) is 35.9 Å². The second-order valence-corrected chi connectivity index (χ2v) is 9.21. The smallest absolute Gasteiger partial charge is 0.0605 e. The van der Waals surface area contributed by atoms with Gasteiger partial charge >= 0.3 is 0 Å². The van der Waals surface area contributed by atoms with Gasteiger partial charge in [-0.2, -0.15) is 0 Å². The average Bonchev–Trinajstić information content (AvgIpc) is 2.94. The van der Waals surface area contributed by atoms with Crippen molar-refractivity contribution in [2.45, 2.75) is 52.6 Å². The number of nitrogens with one attached hydrogen (secondary N) is 2. The molecule has 1 unspecified atom stereocenters. The monoisotopic (exact) mass is 416 g/mol. The predicted octanol–water partition coefficient (Wildman–Crippen LogP) is 5.29. The summed E-state index contributed by atoms with van der Waals surface area (Å²) >= 11 is 0. The van der Waals surface area contributed by atoms with E-state index in [0.717, 1.165) is 49.6 Å². The first-order valence-electron chi connectivity index (χ1n) is 11.5. The Bertz CT molecular complexity index is 981. The van der Waals surface area contributed by atoms with Gasteiger partial charge in [-0.25, -0.2) is 0 Å². The normalized spacial score (nSPS) is 21.1. The van der Waals surface area contributed by atoms with Crippen LogP contribution >= 0.6 is 0 Å². The van der Waals surface area contributed by atoms with Gasteiger partial charge in [0.15, 0.2) is 0 Å². The minimum atomic E-state index is 0.235. The fourth-order valence-corrected chi connectivity index (χ4v) is 4.64. The van der Waals surface area contributed by atoms with Crippen LogP contribution in [0.5, 0.6) is 0 Å². The summed E-state index contributed by atoms with van der Waals surface area (Å²) in [5, 5.41) is 7.36. The van der Waals surface area contributed by atoms with E-state index < -0.39 is 0 Å². The number of nitrogens with two attached hydrogens (primary N) is 1. The molecule has 4 N–H and O–H groups in total. The fraction of sp³-hybridized carbons (Fsp3) is 0.407. The predicted molar refractivity (Wildman–Crippen MR) is 133 cm³/mol. The molecule has 2 aliphatic heterocycles. The lowest BCUT2D eigenvalue weighted by Gasteiger charge is -2.30. The lowest BCUT2D eigenvalue weighted by atomic mass is 9.90. The SMILES string of the molecule is C/C(N)=C1/NCCC(Nc2ccc(C)cc2)c2cc(C3=CCN(C(C)C)CC3)ccc21. The zero-order valence-electron chi connectivity index (χ0n) is 19.3.